The Morgan fingerprint density at radius 2 is 2.04 bits per heavy atom. The Morgan fingerprint density at radius 1 is 1.27 bits per heavy atom. The third-order valence-corrected chi connectivity index (χ3v) is 4.35. The Balaban J connectivity index is 1.83. The molecule has 5 heteroatoms. The predicted molar refractivity (Wildman–Crippen MR) is 107 cm³/mol. The zero-order valence-electron chi connectivity index (χ0n) is 14.4. The number of allylic oxidation sites excluding steroid dienone is 4. The summed E-state index contributed by atoms with van der Waals surface area (Å²) in [4.78, 5) is 17.0. The molecule has 2 heterocycles. The zero-order chi connectivity index (χ0) is 18.5. The van der Waals surface area contributed by atoms with Gasteiger partial charge in [0.2, 0.25) is 0 Å². The van der Waals surface area contributed by atoms with E-state index in [1.165, 1.54) is 10.1 Å². The minimum absolute atomic E-state index is 0.122. The van der Waals surface area contributed by atoms with Crippen LogP contribution < -0.4 is 5.56 Å². The van der Waals surface area contributed by atoms with E-state index in [0.29, 0.717) is 23.5 Å². The summed E-state index contributed by atoms with van der Waals surface area (Å²) in [6.07, 6.45) is 5.48. The molecule has 3 rings (SSSR count). The first kappa shape index (κ1) is 18.0. The van der Waals surface area contributed by atoms with Gasteiger partial charge in [-0.05, 0) is 24.0 Å². The van der Waals surface area contributed by atoms with Crippen molar-refractivity contribution in [1.82, 2.24) is 14.6 Å². The highest BCUT2D eigenvalue weighted by molar-refractivity contribution is 6.31. The first-order valence-electron chi connectivity index (χ1n) is 8.37. The molecule has 2 aromatic heterocycles. The summed E-state index contributed by atoms with van der Waals surface area (Å²) in [6.45, 7) is 7.44. The summed E-state index contributed by atoms with van der Waals surface area (Å²) in [5, 5.41) is 3.61. The average molecular weight is 366 g/mol. The second-order valence-electron chi connectivity index (χ2n) is 6.06. The summed E-state index contributed by atoms with van der Waals surface area (Å²) in [5.41, 5.74) is 4.24. The van der Waals surface area contributed by atoms with Gasteiger partial charge in [0.15, 0.2) is 5.65 Å². The second kappa shape index (κ2) is 8.02. The van der Waals surface area contributed by atoms with Crippen LogP contribution in [0.3, 0.4) is 0 Å². The normalized spacial score (nSPS) is 11.7. The van der Waals surface area contributed by atoms with Gasteiger partial charge in [-0.25, -0.2) is 9.50 Å². The number of halogens is 1. The summed E-state index contributed by atoms with van der Waals surface area (Å²) >= 11 is 5.99. The van der Waals surface area contributed by atoms with Crippen molar-refractivity contribution < 1.29 is 0 Å². The standard InChI is InChI=1S/C21H20ClN3O/c1-3-7-17(15(2)22)10-11-18-14-21(26)25-20(23-18)13-19(24-25)12-16-8-5-4-6-9-16/h3-9,13-14,24H,1-2,10-12H2/b17-7-. The molecule has 0 aliphatic carbocycles. The van der Waals surface area contributed by atoms with Crippen molar-refractivity contribution in [3.8, 4) is 0 Å². The Kier molecular flexibility index (Phi) is 5.54. The summed E-state index contributed by atoms with van der Waals surface area (Å²) < 4.78 is 1.47. The van der Waals surface area contributed by atoms with Gasteiger partial charge < -0.3 is 0 Å². The van der Waals surface area contributed by atoms with E-state index in [-0.39, 0.29) is 5.56 Å². The van der Waals surface area contributed by atoms with E-state index in [9.17, 15) is 4.79 Å². The molecule has 0 unspecified atom stereocenters. The number of aryl methyl sites for hydroxylation is 1. The molecule has 0 fully saturated rings. The highest BCUT2D eigenvalue weighted by Gasteiger charge is 2.08. The lowest BCUT2D eigenvalue weighted by atomic mass is 10.1. The number of aromatic nitrogens is 3. The van der Waals surface area contributed by atoms with E-state index in [0.717, 1.165) is 23.4 Å². The van der Waals surface area contributed by atoms with Crippen molar-refractivity contribution in [3.63, 3.8) is 0 Å². The first-order valence-corrected chi connectivity index (χ1v) is 8.75. The van der Waals surface area contributed by atoms with Crippen LogP contribution in [0.15, 0.2) is 83.2 Å². The van der Waals surface area contributed by atoms with Crippen molar-refractivity contribution in [2.45, 2.75) is 19.3 Å². The number of rotatable bonds is 7. The van der Waals surface area contributed by atoms with Crippen LogP contribution in [0, 0.1) is 0 Å². The molecule has 0 amide bonds. The Bertz CT molecular complexity index is 1030. The van der Waals surface area contributed by atoms with Crippen LogP contribution in [0.2, 0.25) is 0 Å². The van der Waals surface area contributed by atoms with Crippen LogP contribution in [0.1, 0.15) is 23.4 Å². The number of hydrogen-bond donors (Lipinski definition) is 1. The van der Waals surface area contributed by atoms with Crippen LogP contribution in [-0.2, 0) is 12.8 Å². The summed E-state index contributed by atoms with van der Waals surface area (Å²) in [5.74, 6) is 0. The van der Waals surface area contributed by atoms with Crippen LogP contribution in [0.4, 0.5) is 0 Å². The van der Waals surface area contributed by atoms with Crippen molar-refractivity contribution in [2.24, 2.45) is 0 Å². The monoisotopic (exact) mass is 365 g/mol. The smallest absolute Gasteiger partial charge is 0.272 e. The fraction of sp³-hybridized carbons (Fsp3) is 0.143. The maximum absolute atomic E-state index is 12.4. The van der Waals surface area contributed by atoms with Crippen LogP contribution in [-0.4, -0.2) is 14.6 Å². The molecule has 4 nitrogen and oxygen atoms in total. The molecule has 1 aromatic carbocycles. The van der Waals surface area contributed by atoms with Crippen LogP contribution >= 0.6 is 11.6 Å². The summed E-state index contributed by atoms with van der Waals surface area (Å²) in [7, 11) is 0. The van der Waals surface area contributed by atoms with Gasteiger partial charge in [-0.15, -0.1) is 0 Å². The zero-order valence-corrected chi connectivity index (χ0v) is 15.2. The van der Waals surface area contributed by atoms with E-state index in [1.54, 1.807) is 12.1 Å². The van der Waals surface area contributed by atoms with Gasteiger partial charge in [0.1, 0.15) is 0 Å². The molecule has 0 atom stereocenters. The third kappa shape index (κ3) is 4.21. The van der Waals surface area contributed by atoms with Crippen molar-refractivity contribution >= 4 is 17.2 Å². The number of fused-ring (bicyclic) bond motifs is 1. The van der Waals surface area contributed by atoms with E-state index in [1.807, 2.05) is 30.3 Å². The van der Waals surface area contributed by atoms with E-state index in [2.05, 4.69) is 35.4 Å². The quantitative estimate of drug-likeness (QED) is 0.630. The number of benzene rings is 1. The Hall–Kier alpha value is -2.85. The SMILES string of the molecule is C=C/C=C(/CCc1cc(=O)n2[nH]c(Cc3ccccc3)cc2n1)C(=C)Cl. The third-order valence-electron chi connectivity index (χ3n) is 4.11. The van der Waals surface area contributed by atoms with Gasteiger partial charge in [0.25, 0.3) is 5.56 Å². The second-order valence-corrected chi connectivity index (χ2v) is 6.51. The predicted octanol–water partition coefficient (Wildman–Crippen LogP) is 4.41. The highest BCUT2D eigenvalue weighted by Crippen LogP contribution is 2.18. The average Bonchev–Trinajstić information content (AvgIpc) is 3.02. The first-order chi connectivity index (χ1) is 12.6. The fourth-order valence-electron chi connectivity index (χ4n) is 2.84. The number of aromatic amines is 1. The number of nitrogens with one attached hydrogen (secondary N) is 1. The van der Waals surface area contributed by atoms with Gasteiger partial charge in [-0.2, -0.15) is 0 Å². The fourth-order valence-corrected chi connectivity index (χ4v) is 3.00. The van der Waals surface area contributed by atoms with Gasteiger partial charge >= 0.3 is 0 Å². The molecule has 3 aromatic rings. The maximum atomic E-state index is 12.4. The largest absolute Gasteiger partial charge is 0.293 e. The molecule has 0 radical (unpaired) electrons. The summed E-state index contributed by atoms with van der Waals surface area (Å²) in [6, 6.07) is 13.6. The van der Waals surface area contributed by atoms with E-state index < -0.39 is 0 Å². The van der Waals surface area contributed by atoms with Gasteiger partial charge in [-0.1, -0.05) is 67.2 Å². The Labute approximate surface area is 157 Å². The van der Waals surface area contributed by atoms with E-state index in [4.69, 9.17) is 11.6 Å². The molecule has 0 aliphatic heterocycles. The van der Waals surface area contributed by atoms with Crippen LogP contribution in [0.25, 0.3) is 5.65 Å². The molecule has 26 heavy (non-hydrogen) atoms. The molecular formula is C21H20ClN3O. The number of nitrogens with zero attached hydrogens (tertiary/aromatic N) is 2. The minimum Gasteiger partial charge on any atom is -0.293 e. The lowest BCUT2D eigenvalue weighted by molar-refractivity contribution is 0.836. The van der Waals surface area contributed by atoms with Gasteiger partial charge in [-0.3, -0.25) is 9.89 Å². The molecular weight excluding hydrogens is 346 g/mol. The number of hydrogen-bond acceptors (Lipinski definition) is 2. The van der Waals surface area contributed by atoms with Crippen molar-refractivity contribution in [3.05, 3.63) is 106 Å². The molecule has 0 saturated heterocycles. The topological polar surface area (TPSA) is 50.2 Å². The molecule has 0 spiro atoms. The maximum Gasteiger partial charge on any atom is 0.272 e. The lowest BCUT2D eigenvalue weighted by Crippen LogP contribution is -2.15. The Morgan fingerprint density at radius 3 is 2.73 bits per heavy atom. The van der Waals surface area contributed by atoms with Gasteiger partial charge in [0.05, 0.1) is 0 Å². The molecule has 0 bridgehead atoms. The number of H-pyrrole nitrogens is 1. The minimum atomic E-state index is -0.122. The highest BCUT2D eigenvalue weighted by atomic mass is 35.5. The van der Waals surface area contributed by atoms with Crippen molar-refractivity contribution in [1.29, 1.82) is 0 Å². The molecule has 1 N–H and O–H groups in total. The molecule has 0 aliphatic rings. The van der Waals surface area contributed by atoms with E-state index >= 15 is 0 Å². The molecule has 0 saturated carbocycles. The molecule has 132 valence electrons. The van der Waals surface area contributed by atoms with Crippen molar-refractivity contribution in [2.75, 3.05) is 0 Å². The lowest BCUT2D eigenvalue weighted by Gasteiger charge is -2.04. The van der Waals surface area contributed by atoms with Crippen LogP contribution in [0.5, 0.6) is 0 Å². The van der Waals surface area contributed by atoms with Gasteiger partial charge in [0, 0.05) is 35.0 Å².